The van der Waals surface area contributed by atoms with Gasteiger partial charge in [-0.1, -0.05) is 15.9 Å². The third-order valence-corrected chi connectivity index (χ3v) is 4.13. The Bertz CT molecular complexity index is 528. The molecule has 2 aromatic rings. The summed E-state index contributed by atoms with van der Waals surface area (Å²) in [7, 11) is 3.23. The Morgan fingerprint density at radius 3 is 2.44 bits per heavy atom. The highest BCUT2D eigenvalue weighted by molar-refractivity contribution is 9.10. The Morgan fingerprint density at radius 2 is 1.89 bits per heavy atom. The number of halogens is 1. The Kier molecular flexibility index (Phi) is 4.27. The van der Waals surface area contributed by atoms with Crippen molar-refractivity contribution in [2.45, 2.75) is 6.04 Å². The molecule has 18 heavy (non-hydrogen) atoms. The minimum atomic E-state index is -0.176. The van der Waals surface area contributed by atoms with Gasteiger partial charge in [0.1, 0.15) is 0 Å². The van der Waals surface area contributed by atoms with Gasteiger partial charge in [-0.05, 0) is 40.1 Å². The lowest BCUT2D eigenvalue weighted by Crippen LogP contribution is -2.12. The minimum absolute atomic E-state index is 0.176. The fraction of sp³-hybridized carbons (Fsp3) is 0.231. The van der Waals surface area contributed by atoms with Crippen molar-refractivity contribution in [2.24, 2.45) is 5.73 Å². The molecule has 0 fully saturated rings. The van der Waals surface area contributed by atoms with Crippen LogP contribution in [0.3, 0.4) is 0 Å². The van der Waals surface area contributed by atoms with Gasteiger partial charge in [0.05, 0.1) is 20.3 Å². The second kappa shape index (κ2) is 5.73. The molecule has 0 radical (unpaired) electrons. The van der Waals surface area contributed by atoms with Crippen LogP contribution in [-0.4, -0.2) is 14.2 Å². The van der Waals surface area contributed by atoms with Gasteiger partial charge >= 0.3 is 0 Å². The number of hydrogen-bond acceptors (Lipinski definition) is 4. The van der Waals surface area contributed by atoms with Crippen LogP contribution < -0.4 is 15.2 Å². The molecule has 0 saturated carbocycles. The minimum Gasteiger partial charge on any atom is -0.493 e. The number of thiophene rings is 1. The maximum Gasteiger partial charge on any atom is 0.161 e. The van der Waals surface area contributed by atoms with E-state index in [-0.39, 0.29) is 6.04 Å². The quantitative estimate of drug-likeness (QED) is 0.933. The summed E-state index contributed by atoms with van der Waals surface area (Å²) in [6.45, 7) is 0. The summed E-state index contributed by atoms with van der Waals surface area (Å²) in [5.74, 6) is 1.37. The first-order chi connectivity index (χ1) is 8.67. The van der Waals surface area contributed by atoms with E-state index >= 15 is 0 Å². The van der Waals surface area contributed by atoms with Crippen molar-refractivity contribution in [1.82, 2.24) is 0 Å². The summed E-state index contributed by atoms with van der Waals surface area (Å²) in [5.41, 5.74) is 8.33. The van der Waals surface area contributed by atoms with Crippen LogP contribution in [0.2, 0.25) is 0 Å². The number of benzene rings is 1. The van der Waals surface area contributed by atoms with Gasteiger partial charge in [-0.25, -0.2) is 0 Å². The van der Waals surface area contributed by atoms with Gasteiger partial charge in [-0.2, -0.15) is 11.3 Å². The highest BCUT2D eigenvalue weighted by Gasteiger charge is 2.16. The van der Waals surface area contributed by atoms with Crippen LogP contribution in [0.15, 0.2) is 33.4 Å². The molecule has 5 heteroatoms. The topological polar surface area (TPSA) is 44.5 Å². The maximum absolute atomic E-state index is 6.26. The van der Waals surface area contributed by atoms with E-state index in [4.69, 9.17) is 15.2 Å². The lowest BCUT2D eigenvalue weighted by molar-refractivity contribution is 0.354. The van der Waals surface area contributed by atoms with Crippen LogP contribution in [0.1, 0.15) is 17.2 Å². The zero-order valence-corrected chi connectivity index (χ0v) is 12.5. The molecule has 96 valence electrons. The molecule has 0 aliphatic carbocycles. The molecule has 0 bridgehead atoms. The molecule has 3 nitrogen and oxygen atoms in total. The van der Waals surface area contributed by atoms with Gasteiger partial charge in [0.15, 0.2) is 11.5 Å². The second-order valence-electron chi connectivity index (χ2n) is 3.76. The molecule has 0 aliphatic rings. The lowest BCUT2D eigenvalue weighted by Gasteiger charge is -2.16. The summed E-state index contributed by atoms with van der Waals surface area (Å²) >= 11 is 5.16. The van der Waals surface area contributed by atoms with Gasteiger partial charge < -0.3 is 15.2 Å². The molecule has 0 amide bonds. The SMILES string of the molecule is COc1cc(Br)c([C@@H](N)c2ccsc2)cc1OC. The largest absolute Gasteiger partial charge is 0.493 e. The van der Waals surface area contributed by atoms with Gasteiger partial charge in [0, 0.05) is 4.47 Å². The van der Waals surface area contributed by atoms with E-state index in [1.54, 1.807) is 25.6 Å². The monoisotopic (exact) mass is 327 g/mol. The molecule has 0 unspecified atom stereocenters. The molecule has 1 atom stereocenters. The summed E-state index contributed by atoms with van der Waals surface area (Å²) < 4.78 is 11.5. The molecule has 0 aliphatic heterocycles. The summed E-state index contributed by atoms with van der Waals surface area (Å²) in [6, 6.07) is 5.63. The summed E-state index contributed by atoms with van der Waals surface area (Å²) in [6.07, 6.45) is 0. The molecular formula is C13H14BrNO2S. The third-order valence-electron chi connectivity index (χ3n) is 2.74. The molecule has 0 spiro atoms. The van der Waals surface area contributed by atoms with Crippen molar-refractivity contribution >= 4 is 27.3 Å². The van der Waals surface area contributed by atoms with E-state index in [0.717, 1.165) is 15.6 Å². The molecule has 1 heterocycles. The Morgan fingerprint density at radius 1 is 1.22 bits per heavy atom. The standard InChI is InChI=1S/C13H14BrNO2S/c1-16-11-5-9(10(14)6-12(11)17-2)13(15)8-3-4-18-7-8/h3-7,13H,15H2,1-2H3/t13-/m0/s1. The number of rotatable bonds is 4. The lowest BCUT2D eigenvalue weighted by atomic mass is 10.0. The van der Waals surface area contributed by atoms with E-state index in [2.05, 4.69) is 15.9 Å². The van der Waals surface area contributed by atoms with Gasteiger partial charge in [-0.3, -0.25) is 0 Å². The number of ether oxygens (including phenoxy) is 2. The Hall–Kier alpha value is -1.04. The van der Waals surface area contributed by atoms with E-state index in [0.29, 0.717) is 11.5 Å². The summed E-state index contributed by atoms with van der Waals surface area (Å²) in [4.78, 5) is 0. The van der Waals surface area contributed by atoms with Crippen molar-refractivity contribution in [3.8, 4) is 11.5 Å². The molecule has 0 saturated heterocycles. The summed E-state index contributed by atoms with van der Waals surface area (Å²) in [5, 5.41) is 4.07. The van der Waals surface area contributed by atoms with Crippen LogP contribution in [0.5, 0.6) is 11.5 Å². The molecule has 2 rings (SSSR count). The second-order valence-corrected chi connectivity index (χ2v) is 5.40. The van der Waals surface area contributed by atoms with Gasteiger partial charge in [0.25, 0.3) is 0 Å². The average Bonchev–Trinajstić information content (AvgIpc) is 2.91. The van der Waals surface area contributed by atoms with Crippen molar-refractivity contribution in [1.29, 1.82) is 0 Å². The van der Waals surface area contributed by atoms with Crippen LogP contribution >= 0.6 is 27.3 Å². The van der Waals surface area contributed by atoms with Crippen molar-refractivity contribution in [3.63, 3.8) is 0 Å². The van der Waals surface area contributed by atoms with E-state index in [9.17, 15) is 0 Å². The normalized spacial score (nSPS) is 12.2. The smallest absolute Gasteiger partial charge is 0.161 e. The molecule has 2 N–H and O–H groups in total. The Labute approximate surface area is 119 Å². The first-order valence-electron chi connectivity index (χ1n) is 5.36. The fourth-order valence-electron chi connectivity index (χ4n) is 1.74. The van der Waals surface area contributed by atoms with E-state index in [1.807, 2.05) is 29.0 Å². The molecule has 1 aromatic heterocycles. The van der Waals surface area contributed by atoms with Crippen LogP contribution in [0.4, 0.5) is 0 Å². The highest BCUT2D eigenvalue weighted by atomic mass is 79.9. The number of methoxy groups -OCH3 is 2. The fourth-order valence-corrected chi connectivity index (χ4v) is 3.01. The predicted octanol–water partition coefficient (Wildman–Crippen LogP) is 3.58. The predicted molar refractivity (Wildman–Crippen MR) is 77.6 cm³/mol. The van der Waals surface area contributed by atoms with Crippen LogP contribution in [0, 0.1) is 0 Å². The van der Waals surface area contributed by atoms with Gasteiger partial charge in [-0.15, -0.1) is 0 Å². The van der Waals surface area contributed by atoms with Crippen LogP contribution in [0.25, 0.3) is 0 Å². The first-order valence-corrected chi connectivity index (χ1v) is 7.10. The highest BCUT2D eigenvalue weighted by Crippen LogP contribution is 2.37. The van der Waals surface area contributed by atoms with Crippen molar-refractivity contribution < 1.29 is 9.47 Å². The Balaban J connectivity index is 2.45. The number of hydrogen-bond donors (Lipinski definition) is 1. The van der Waals surface area contributed by atoms with Gasteiger partial charge in [0.2, 0.25) is 0 Å². The van der Waals surface area contributed by atoms with Crippen LogP contribution in [-0.2, 0) is 0 Å². The zero-order valence-electron chi connectivity index (χ0n) is 10.1. The zero-order chi connectivity index (χ0) is 13.1. The molecule has 1 aromatic carbocycles. The molecular weight excluding hydrogens is 314 g/mol. The average molecular weight is 328 g/mol. The first kappa shape index (κ1) is 13.4. The van der Waals surface area contributed by atoms with Crippen molar-refractivity contribution in [2.75, 3.05) is 14.2 Å². The maximum atomic E-state index is 6.26. The van der Waals surface area contributed by atoms with E-state index < -0.39 is 0 Å². The number of nitrogens with two attached hydrogens (primary N) is 1. The van der Waals surface area contributed by atoms with E-state index in [1.165, 1.54) is 0 Å². The third kappa shape index (κ3) is 2.53. The van der Waals surface area contributed by atoms with Crippen molar-refractivity contribution in [3.05, 3.63) is 44.6 Å².